The molecule has 9 nitrogen and oxygen atoms in total. The van der Waals surface area contributed by atoms with Crippen LogP contribution in [0.4, 0.5) is 19.3 Å². The van der Waals surface area contributed by atoms with E-state index in [1.54, 1.807) is 83.2 Å². The summed E-state index contributed by atoms with van der Waals surface area (Å²) in [5.41, 5.74) is 7.70. The number of anilines is 1. The van der Waals surface area contributed by atoms with Gasteiger partial charge in [0, 0.05) is 17.7 Å². The summed E-state index contributed by atoms with van der Waals surface area (Å²) in [6.07, 6.45) is 3.67. The number of allylic oxidation sites excluding steroid dienone is 3. The van der Waals surface area contributed by atoms with Crippen molar-refractivity contribution in [2.75, 3.05) is 5.32 Å². The molecule has 1 aromatic heterocycles. The predicted molar refractivity (Wildman–Crippen MR) is 186 cm³/mol. The first kappa shape index (κ1) is 38.0. The van der Waals surface area contributed by atoms with Crippen molar-refractivity contribution in [2.45, 2.75) is 73.3 Å². The lowest BCUT2D eigenvalue weighted by Gasteiger charge is -2.19. The number of benzene rings is 3. The molecule has 0 aliphatic heterocycles. The third-order valence-corrected chi connectivity index (χ3v) is 6.80. The van der Waals surface area contributed by atoms with Crippen molar-refractivity contribution >= 4 is 29.0 Å². The van der Waals surface area contributed by atoms with Gasteiger partial charge in [0.05, 0.1) is 11.1 Å². The molecule has 3 N–H and O–H groups in total. The van der Waals surface area contributed by atoms with Crippen molar-refractivity contribution in [2.24, 2.45) is 5.73 Å². The standard InChI is InChI=1S/C35H34F2N4O5.C3H8/c1-6-22(24-10-7-20(2)28(36)19-24)18-27(31(38)43)30(42)16-9-21-8-15-26(29(37)17-21)32-40-33(46-41-32)23-11-13-25(14-12-23)39-34(44)45-35(3,4)5;1-3-2/h6-8,10-15,17-19H,9,16H2,1-5H3,(H2,38,43)(H,39,44);3H2,1-2H3/b22-6+,27-18+;. The SMILES string of the molecule is C/C=C(\C=C(\C(N)=O)C(=O)CCc1ccc(-c2noc(-c3ccc(NC(=O)OC(C)(C)C)cc3)n2)c(F)c1)c1ccc(C)c(F)c1.CCC. The Balaban J connectivity index is 0.00000209. The summed E-state index contributed by atoms with van der Waals surface area (Å²) in [5.74, 6) is -2.32. The molecular formula is C38H42F2N4O5. The lowest BCUT2D eigenvalue weighted by atomic mass is 9.96. The molecule has 49 heavy (non-hydrogen) atoms. The van der Waals surface area contributed by atoms with Gasteiger partial charge in [0.25, 0.3) is 11.8 Å². The highest BCUT2D eigenvalue weighted by Crippen LogP contribution is 2.27. The largest absolute Gasteiger partial charge is 0.444 e. The number of aryl methyl sites for hydroxylation is 2. The van der Waals surface area contributed by atoms with E-state index in [4.69, 9.17) is 15.0 Å². The molecule has 0 atom stereocenters. The number of hydrogen-bond donors (Lipinski definition) is 2. The fourth-order valence-corrected chi connectivity index (χ4v) is 4.41. The second-order valence-electron chi connectivity index (χ2n) is 12.2. The zero-order valence-corrected chi connectivity index (χ0v) is 28.8. The maximum Gasteiger partial charge on any atom is 0.412 e. The molecular weight excluding hydrogens is 630 g/mol. The third-order valence-electron chi connectivity index (χ3n) is 6.80. The van der Waals surface area contributed by atoms with Crippen molar-refractivity contribution in [3.63, 3.8) is 0 Å². The number of ether oxygens (including phenoxy) is 1. The molecule has 0 fully saturated rings. The Hall–Kier alpha value is -5.45. The minimum Gasteiger partial charge on any atom is -0.444 e. The van der Waals surface area contributed by atoms with E-state index in [2.05, 4.69) is 29.3 Å². The van der Waals surface area contributed by atoms with Gasteiger partial charge in [-0.25, -0.2) is 13.6 Å². The lowest BCUT2D eigenvalue weighted by Crippen LogP contribution is -2.27. The van der Waals surface area contributed by atoms with Crippen molar-refractivity contribution in [3.8, 4) is 22.8 Å². The van der Waals surface area contributed by atoms with Crippen LogP contribution >= 0.6 is 0 Å². The molecule has 0 unspecified atom stereocenters. The highest BCUT2D eigenvalue weighted by molar-refractivity contribution is 6.20. The smallest absolute Gasteiger partial charge is 0.412 e. The Morgan fingerprint density at radius 2 is 1.65 bits per heavy atom. The minimum atomic E-state index is -0.916. The second-order valence-corrected chi connectivity index (χ2v) is 12.2. The van der Waals surface area contributed by atoms with Crippen LogP contribution in [0, 0.1) is 18.6 Å². The Labute approximate surface area is 285 Å². The molecule has 0 saturated heterocycles. The number of nitrogens with one attached hydrogen (secondary N) is 1. The lowest BCUT2D eigenvalue weighted by molar-refractivity contribution is -0.120. The van der Waals surface area contributed by atoms with Crippen molar-refractivity contribution in [3.05, 3.63) is 107 Å². The summed E-state index contributed by atoms with van der Waals surface area (Å²) in [4.78, 5) is 41.4. The molecule has 4 aromatic rings. The number of Topliss-reactive ketones (excluding diaryl/α,β-unsaturated/α-hetero) is 1. The van der Waals surface area contributed by atoms with Gasteiger partial charge in [0.2, 0.25) is 5.82 Å². The van der Waals surface area contributed by atoms with E-state index in [1.165, 1.54) is 30.7 Å². The van der Waals surface area contributed by atoms with Crippen LogP contribution in [0.25, 0.3) is 28.4 Å². The monoisotopic (exact) mass is 672 g/mol. The van der Waals surface area contributed by atoms with Gasteiger partial charge in [-0.05, 0) is 112 Å². The molecule has 258 valence electrons. The average molecular weight is 673 g/mol. The molecule has 0 bridgehead atoms. The molecule has 11 heteroatoms. The summed E-state index contributed by atoms with van der Waals surface area (Å²) < 4.78 is 39.8. The molecule has 2 amide bonds. The van der Waals surface area contributed by atoms with Gasteiger partial charge >= 0.3 is 6.09 Å². The third kappa shape index (κ3) is 11.1. The summed E-state index contributed by atoms with van der Waals surface area (Å²) in [6, 6.07) is 15.6. The number of hydrogen-bond acceptors (Lipinski definition) is 7. The number of nitrogens with zero attached hydrogens (tertiary/aromatic N) is 2. The Kier molecular flexibility index (Phi) is 13.3. The van der Waals surface area contributed by atoms with Crippen molar-refractivity contribution in [1.29, 1.82) is 0 Å². The second kappa shape index (κ2) is 17.1. The number of carbonyl (C=O) groups excluding carboxylic acids is 3. The summed E-state index contributed by atoms with van der Waals surface area (Å²) in [7, 11) is 0. The number of aromatic nitrogens is 2. The fourth-order valence-electron chi connectivity index (χ4n) is 4.41. The quantitative estimate of drug-likeness (QED) is 0.0743. The normalized spacial score (nSPS) is 11.8. The number of carbonyl (C=O) groups is 3. The van der Waals surface area contributed by atoms with Gasteiger partial charge in [-0.3, -0.25) is 14.9 Å². The summed E-state index contributed by atoms with van der Waals surface area (Å²) in [6.45, 7) is 12.9. The van der Waals surface area contributed by atoms with E-state index in [9.17, 15) is 18.8 Å². The fraction of sp³-hybridized carbons (Fsp3) is 0.289. The zero-order valence-electron chi connectivity index (χ0n) is 28.8. The van der Waals surface area contributed by atoms with Crippen molar-refractivity contribution < 1.29 is 32.4 Å². The van der Waals surface area contributed by atoms with Gasteiger partial charge in [-0.15, -0.1) is 0 Å². The van der Waals surface area contributed by atoms with Crippen LogP contribution in [-0.2, 0) is 20.7 Å². The Morgan fingerprint density at radius 3 is 2.22 bits per heavy atom. The average Bonchev–Trinajstić information content (AvgIpc) is 3.51. The molecule has 3 aromatic carbocycles. The van der Waals surface area contributed by atoms with E-state index in [-0.39, 0.29) is 35.7 Å². The van der Waals surface area contributed by atoms with E-state index in [0.29, 0.717) is 33.5 Å². The summed E-state index contributed by atoms with van der Waals surface area (Å²) in [5, 5.41) is 6.53. The van der Waals surface area contributed by atoms with Crippen LogP contribution in [0.5, 0.6) is 0 Å². The van der Waals surface area contributed by atoms with E-state index < -0.39 is 35.0 Å². The molecule has 4 rings (SSSR count). The van der Waals surface area contributed by atoms with E-state index in [0.717, 1.165) is 0 Å². The molecule has 0 spiro atoms. The number of halogens is 2. The van der Waals surface area contributed by atoms with Gasteiger partial charge < -0.3 is 15.0 Å². The summed E-state index contributed by atoms with van der Waals surface area (Å²) >= 11 is 0. The number of rotatable bonds is 10. The first-order valence-corrected chi connectivity index (χ1v) is 15.9. The number of primary amides is 1. The van der Waals surface area contributed by atoms with Crippen LogP contribution in [0.1, 0.15) is 71.1 Å². The number of amides is 2. The number of ketones is 1. The van der Waals surface area contributed by atoms with Crippen LogP contribution in [-0.4, -0.2) is 33.5 Å². The first-order valence-electron chi connectivity index (χ1n) is 15.9. The van der Waals surface area contributed by atoms with Crippen LogP contribution in [0.3, 0.4) is 0 Å². The maximum absolute atomic E-state index is 15.1. The van der Waals surface area contributed by atoms with Gasteiger partial charge in [0.15, 0.2) is 5.78 Å². The predicted octanol–water partition coefficient (Wildman–Crippen LogP) is 8.77. The zero-order chi connectivity index (χ0) is 36.3. The molecule has 0 aliphatic rings. The van der Waals surface area contributed by atoms with Gasteiger partial charge in [0.1, 0.15) is 17.2 Å². The topological polar surface area (TPSA) is 137 Å². The van der Waals surface area contributed by atoms with Gasteiger partial charge in [-0.2, -0.15) is 4.98 Å². The van der Waals surface area contributed by atoms with Crippen LogP contribution in [0.2, 0.25) is 0 Å². The van der Waals surface area contributed by atoms with Crippen molar-refractivity contribution in [1.82, 2.24) is 10.1 Å². The number of nitrogens with two attached hydrogens (primary N) is 1. The van der Waals surface area contributed by atoms with Gasteiger partial charge in [-0.1, -0.05) is 49.7 Å². The van der Waals surface area contributed by atoms with E-state index >= 15 is 4.39 Å². The Bertz CT molecular complexity index is 1850. The molecule has 1 heterocycles. The first-order chi connectivity index (χ1) is 23.1. The highest BCUT2D eigenvalue weighted by Gasteiger charge is 2.19. The molecule has 0 saturated carbocycles. The van der Waals surface area contributed by atoms with Crippen LogP contribution in [0.15, 0.2) is 82.9 Å². The van der Waals surface area contributed by atoms with E-state index in [1.807, 2.05) is 0 Å². The van der Waals surface area contributed by atoms with Crippen LogP contribution < -0.4 is 11.1 Å². The molecule has 0 radical (unpaired) electrons. The molecule has 0 aliphatic carbocycles. The highest BCUT2D eigenvalue weighted by atomic mass is 19.1. The minimum absolute atomic E-state index is 0.0245. The maximum atomic E-state index is 15.1. The Morgan fingerprint density at radius 1 is 0.980 bits per heavy atom.